The van der Waals surface area contributed by atoms with Crippen LogP contribution in [-0.4, -0.2) is 26.5 Å². The first-order chi connectivity index (χ1) is 14.0. The van der Waals surface area contributed by atoms with Crippen LogP contribution in [0, 0.1) is 5.82 Å². The SMILES string of the molecule is O=C(O)c1c(F)cccc1NC(=O)c1cn(Cc2ccccn2)c2ccccc12. The van der Waals surface area contributed by atoms with E-state index in [0.717, 1.165) is 17.3 Å². The smallest absolute Gasteiger partial charge is 0.340 e. The van der Waals surface area contributed by atoms with E-state index in [4.69, 9.17) is 0 Å². The monoisotopic (exact) mass is 389 g/mol. The van der Waals surface area contributed by atoms with Crippen LogP contribution in [-0.2, 0) is 6.54 Å². The van der Waals surface area contributed by atoms with Crippen molar-refractivity contribution in [3.63, 3.8) is 0 Å². The van der Waals surface area contributed by atoms with Crippen molar-refractivity contribution in [3.05, 3.63) is 95.7 Å². The van der Waals surface area contributed by atoms with E-state index in [2.05, 4.69) is 10.3 Å². The van der Waals surface area contributed by atoms with Crippen LogP contribution >= 0.6 is 0 Å². The molecule has 0 aliphatic carbocycles. The highest BCUT2D eigenvalue weighted by Gasteiger charge is 2.20. The number of aromatic nitrogens is 2. The Morgan fingerprint density at radius 2 is 1.83 bits per heavy atom. The number of nitrogens with one attached hydrogen (secondary N) is 1. The van der Waals surface area contributed by atoms with E-state index in [9.17, 15) is 19.1 Å². The first kappa shape index (κ1) is 18.4. The lowest BCUT2D eigenvalue weighted by molar-refractivity contribution is 0.0693. The summed E-state index contributed by atoms with van der Waals surface area (Å²) in [5.74, 6) is -2.88. The maximum Gasteiger partial charge on any atom is 0.340 e. The average molecular weight is 389 g/mol. The number of benzene rings is 2. The number of rotatable bonds is 5. The number of carboxylic acid groups (broad SMARTS) is 1. The van der Waals surface area contributed by atoms with E-state index in [1.165, 1.54) is 12.1 Å². The molecule has 144 valence electrons. The molecule has 2 heterocycles. The molecule has 29 heavy (non-hydrogen) atoms. The van der Waals surface area contributed by atoms with Gasteiger partial charge < -0.3 is 15.0 Å². The average Bonchev–Trinajstić information content (AvgIpc) is 3.07. The van der Waals surface area contributed by atoms with Crippen LogP contribution in [0.3, 0.4) is 0 Å². The molecular weight excluding hydrogens is 373 g/mol. The number of halogens is 1. The Morgan fingerprint density at radius 3 is 2.59 bits per heavy atom. The zero-order valence-corrected chi connectivity index (χ0v) is 15.2. The van der Waals surface area contributed by atoms with E-state index in [1.807, 2.05) is 47.0 Å². The predicted molar refractivity (Wildman–Crippen MR) is 107 cm³/mol. The Balaban J connectivity index is 1.72. The van der Waals surface area contributed by atoms with Crippen LogP contribution in [0.5, 0.6) is 0 Å². The number of hydrogen-bond donors (Lipinski definition) is 2. The Labute approximate surface area is 165 Å². The minimum Gasteiger partial charge on any atom is -0.478 e. The molecule has 2 N–H and O–H groups in total. The third-order valence-electron chi connectivity index (χ3n) is 4.57. The Hall–Kier alpha value is -4.00. The van der Waals surface area contributed by atoms with Gasteiger partial charge in [0, 0.05) is 23.3 Å². The van der Waals surface area contributed by atoms with Gasteiger partial charge in [0.25, 0.3) is 5.91 Å². The highest BCUT2D eigenvalue weighted by molar-refractivity contribution is 6.14. The van der Waals surface area contributed by atoms with Gasteiger partial charge in [-0.25, -0.2) is 9.18 Å². The Bertz CT molecular complexity index is 1220. The van der Waals surface area contributed by atoms with Gasteiger partial charge >= 0.3 is 5.97 Å². The van der Waals surface area contributed by atoms with Gasteiger partial charge in [-0.05, 0) is 30.3 Å². The lowest BCUT2D eigenvalue weighted by Gasteiger charge is -2.08. The Kier molecular flexibility index (Phi) is 4.78. The molecule has 2 aromatic heterocycles. The molecule has 7 heteroatoms. The van der Waals surface area contributed by atoms with Gasteiger partial charge in [-0.15, -0.1) is 0 Å². The zero-order valence-electron chi connectivity index (χ0n) is 15.2. The summed E-state index contributed by atoms with van der Waals surface area (Å²) in [5.41, 5.74) is 1.36. The minimum atomic E-state index is -1.45. The van der Waals surface area contributed by atoms with Crippen molar-refractivity contribution >= 4 is 28.5 Å². The van der Waals surface area contributed by atoms with Gasteiger partial charge in [0.15, 0.2) is 0 Å². The van der Waals surface area contributed by atoms with Crippen molar-refractivity contribution in [1.82, 2.24) is 9.55 Å². The fourth-order valence-electron chi connectivity index (χ4n) is 3.26. The summed E-state index contributed by atoms with van der Waals surface area (Å²) in [6.45, 7) is 0.467. The lowest BCUT2D eigenvalue weighted by Crippen LogP contribution is -2.15. The second-order valence-electron chi connectivity index (χ2n) is 6.43. The van der Waals surface area contributed by atoms with E-state index in [0.29, 0.717) is 17.5 Å². The molecule has 4 rings (SSSR count). The molecule has 1 amide bonds. The predicted octanol–water partition coefficient (Wildman–Crippen LogP) is 4.17. The topological polar surface area (TPSA) is 84.2 Å². The van der Waals surface area contributed by atoms with Gasteiger partial charge in [0.05, 0.1) is 23.5 Å². The van der Waals surface area contributed by atoms with Crippen molar-refractivity contribution in [2.45, 2.75) is 6.54 Å². The largest absolute Gasteiger partial charge is 0.478 e. The van der Waals surface area contributed by atoms with Crippen molar-refractivity contribution in [2.75, 3.05) is 5.32 Å². The number of carboxylic acids is 1. The van der Waals surface area contributed by atoms with Gasteiger partial charge in [-0.2, -0.15) is 0 Å². The van der Waals surface area contributed by atoms with Gasteiger partial charge in [0.1, 0.15) is 11.4 Å². The van der Waals surface area contributed by atoms with Crippen molar-refractivity contribution in [1.29, 1.82) is 0 Å². The van der Waals surface area contributed by atoms with E-state index in [-0.39, 0.29) is 5.69 Å². The second kappa shape index (κ2) is 7.55. The fraction of sp³-hybridized carbons (Fsp3) is 0.0455. The van der Waals surface area contributed by atoms with Crippen molar-refractivity contribution in [2.24, 2.45) is 0 Å². The summed E-state index contributed by atoms with van der Waals surface area (Å²) in [5, 5.41) is 12.5. The molecule has 0 radical (unpaired) electrons. The second-order valence-corrected chi connectivity index (χ2v) is 6.43. The summed E-state index contributed by atoms with van der Waals surface area (Å²) in [6.07, 6.45) is 3.39. The van der Waals surface area contributed by atoms with Crippen LogP contribution in [0.25, 0.3) is 10.9 Å². The fourth-order valence-corrected chi connectivity index (χ4v) is 3.26. The van der Waals surface area contributed by atoms with Crippen LogP contribution in [0.1, 0.15) is 26.4 Å². The van der Waals surface area contributed by atoms with Crippen molar-refractivity contribution in [3.8, 4) is 0 Å². The van der Waals surface area contributed by atoms with Crippen LogP contribution in [0.15, 0.2) is 73.1 Å². The first-order valence-corrected chi connectivity index (χ1v) is 8.85. The van der Waals surface area contributed by atoms with Crippen molar-refractivity contribution < 1.29 is 19.1 Å². The summed E-state index contributed by atoms with van der Waals surface area (Å²) in [6, 6.07) is 16.7. The van der Waals surface area contributed by atoms with E-state index in [1.54, 1.807) is 12.4 Å². The standard InChI is InChI=1S/C22H16FN3O3/c23-17-8-5-9-18(20(17)22(28)29)25-21(27)16-13-26(12-14-6-3-4-11-24-14)19-10-2-1-7-15(16)19/h1-11,13H,12H2,(H,25,27)(H,28,29). The normalized spacial score (nSPS) is 10.8. The zero-order chi connectivity index (χ0) is 20.4. The Morgan fingerprint density at radius 1 is 1.03 bits per heavy atom. The maximum atomic E-state index is 13.9. The van der Waals surface area contributed by atoms with Gasteiger partial charge in [-0.3, -0.25) is 9.78 Å². The van der Waals surface area contributed by atoms with E-state index < -0.39 is 23.3 Å². The molecule has 0 saturated heterocycles. The minimum absolute atomic E-state index is 0.0935. The van der Waals surface area contributed by atoms with Crippen LogP contribution < -0.4 is 5.32 Å². The number of anilines is 1. The third kappa shape index (κ3) is 3.58. The number of carbonyl (C=O) groups excluding carboxylic acids is 1. The molecule has 0 bridgehead atoms. The summed E-state index contributed by atoms with van der Waals surface area (Å²) in [4.78, 5) is 28.6. The van der Waals surface area contributed by atoms with Crippen LogP contribution in [0.2, 0.25) is 0 Å². The molecular formula is C22H16FN3O3. The number of aromatic carboxylic acids is 1. The number of amides is 1. The number of fused-ring (bicyclic) bond motifs is 1. The molecule has 0 fully saturated rings. The number of nitrogens with zero attached hydrogens (tertiary/aromatic N) is 2. The lowest BCUT2D eigenvalue weighted by atomic mass is 10.1. The molecule has 0 spiro atoms. The number of pyridine rings is 1. The summed E-state index contributed by atoms with van der Waals surface area (Å²) in [7, 11) is 0. The van der Waals surface area contributed by atoms with Gasteiger partial charge in [0.2, 0.25) is 0 Å². The molecule has 6 nitrogen and oxygen atoms in total. The van der Waals surface area contributed by atoms with E-state index >= 15 is 0 Å². The number of hydrogen-bond acceptors (Lipinski definition) is 3. The summed E-state index contributed by atoms with van der Waals surface area (Å²) >= 11 is 0. The quantitative estimate of drug-likeness (QED) is 0.536. The molecule has 0 saturated carbocycles. The molecule has 0 aliphatic heterocycles. The molecule has 0 atom stereocenters. The summed E-state index contributed by atoms with van der Waals surface area (Å²) < 4.78 is 15.8. The highest BCUT2D eigenvalue weighted by atomic mass is 19.1. The maximum absolute atomic E-state index is 13.9. The molecule has 0 unspecified atom stereocenters. The molecule has 0 aliphatic rings. The molecule has 2 aromatic carbocycles. The third-order valence-corrected chi connectivity index (χ3v) is 4.57. The number of para-hydroxylation sites is 1. The highest BCUT2D eigenvalue weighted by Crippen LogP contribution is 2.25. The number of carbonyl (C=O) groups is 2. The van der Waals surface area contributed by atoms with Gasteiger partial charge in [-0.1, -0.05) is 30.3 Å². The first-order valence-electron chi connectivity index (χ1n) is 8.85. The molecule has 4 aromatic rings. The van der Waals surface area contributed by atoms with Crippen LogP contribution in [0.4, 0.5) is 10.1 Å².